The lowest BCUT2D eigenvalue weighted by molar-refractivity contribution is -0.151. The van der Waals surface area contributed by atoms with Crippen LogP contribution in [-0.2, 0) is 14.3 Å². The van der Waals surface area contributed by atoms with Gasteiger partial charge in [-0.15, -0.1) is 0 Å². The molecule has 0 bridgehead atoms. The number of nitrogens with zero attached hydrogens (tertiary/aromatic N) is 2. The van der Waals surface area contributed by atoms with E-state index in [-0.39, 0.29) is 18.4 Å². The Balaban J connectivity index is 1.48. The molecular weight excluding hydrogens is 456 g/mol. The van der Waals surface area contributed by atoms with Crippen molar-refractivity contribution in [3.8, 4) is 11.1 Å². The summed E-state index contributed by atoms with van der Waals surface area (Å²) < 4.78 is 5.79. The van der Waals surface area contributed by atoms with Crippen LogP contribution in [0.25, 0.3) is 11.1 Å². The molecule has 1 heterocycles. The van der Waals surface area contributed by atoms with Gasteiger partial charge in [-0.25, -0.2) is 9.59 Å². The predicted molar refractivity (Wildman–Crippen MR) is 138 cm³/mol. The average molecular weight is 493 g/mol. The van der Waals surface area contributed by atoms with Crippen LogP contribution in [0.1, 0.15) is 68.4 Å². The Kier molecular flexibility index (Phi) is 8.28. The lowest BCUT2D eigenvalue weighted by Crippen LogP contribution is -2.53. The Hall–Kier alpha value is -3.35. The van der Waals surface area contributed by atoms with Crippen LogP contribution in [0.5, 0.6) is 0 Å². The van der Waals surface area contributed by atoms with E-state index < -0.39 is 24.1 Å². The van der Waals surface area contributed by atoms with Crippen LogP contribution in [0.3, 0.4) is 0 Å². The maximum atomic E-state index is 13.4. The molecule has 2 aliphatic rings. The summed E-state index contributed by atoms with van der Waals surface area (Å²) >= 11 is 0. The molecule has 2 unspecified atom stereocenters. The van der Waals surface area contributed by atoms with E-state index in [1.807, 2.05) is 24.3 Å². The third-order valence-corrected chi connectivity index (χ3v) is 7.68. The molecule has 2 aromatic carbocycles. The lowest BCUT2D eigenvalue weighted by Gasteiger charge is -2.33. The second-order valence-electron chi connectivity index (χ2n) is 9.93. The first-order chi connectivity index (χ1) is 17.4. The molecule has 2 amide bonds. The minimum atomic E-state index is -1.01. The van der Waals surface area contributed by atoms with E-state index in [9.17, 15) is 19.5 Å². The molecule has 1 saturated heterocycles. The van der Waals surface area contributed by atoms with Gasteiger partial charge in [0.1, 0.15) is 18.7 Å². The van der Waals surface area contributed by atoms with E-state index >= 15 is 0 Å². The second-order valence-corrected chi connectivity index (χ2v) is 9.93. The SMILES string of the molecule is CN(C(=O)OCC1c2ccccc2-c2ccccc21)C1CCCCCCCCC(C(=O)O)N(C)C1=O. The largest absolute Gasteiger partial charge is 0.480 e. The number of carboxylic acids is 1. The van der Waals surface area contributed by atoms with Crippen LogP contribution < -0.4 is 0 Å². The fourth-order valence-corrected chi connectivity index (χ4v) is 5.56. The molecule has 2 atom stereocenters. The van der Waals surface area contributed by atoms with Gasteiger partial charge in [-0.05, 0) is 35.1 Å². The normalized spacial score (nSPS) is 21.1. The van der Waals surface area contributed by atoms with Crippen molar-refractivity contribution < 1.29 is 24.2 Å². The fraction of sp³-hybridized carbons (Fsp3) is 0.483. The predicted octanol–water partition coefficient (Wildman–Crippen LogP) is 5.28. The number of carbonyl (C=O) groups excluding carboxylic acids is 2. The summed E-state index contributed by atoms with van der Waals surface area (Å²) in [6.45, 7) is 0.172. The molecule has 0 saturated carbocycles. The number of ether oxygens (including phenoxy) is 1. The highest BCUT2D eigenvalue weighted by atomic mass is 16.6. The Morgan fingerprint density at radius 1 is 0.917 bits per heavy atom. The van der Waals surface area contributed by atoms with Crippen LogP contribution >= 0.6 is 0 Å². The summed E-state index contributed by atoms with van der Waals surface area (Å²) in [5.74, 6) is -1.43. The van der Waals surface area contributed by atoms with Gasteiger partial charge in [-0.2, -0.15) is 0 Å². The van der Waals surface area contributed by atoms with E-state index in [2.05, 4.69) is 24.3 Å². The Morgan fingerprint density at radius 2 is 1.44 bits per heavy atom. The van der Waals surface area contributed by atoms with Gasteiger partial charge in [0.25, 0.3) is 0 Å². The van der Waals surface area contributed by atoms with Gasteiger partial charge in [-0.3, -0.25) is 9.69 Å². The Bertz CT molecular complexity index is 1060. The van der Waals surface area contributed by atoms with Crippen LogP contribution in [0.2, 0.25) is 0 Å². The van der Waals surface area contributed by atoms with E-state index in [0.29, 0.717) is 12.8 Å². The topological polar surface area (TPSA) is 87.2 Å². The molecule has 0 aromatic heterocycles. The number of likely N-dealkylation sites (N-methyl/N-ethyl adjacent to an activating group) is 2. The number of carbonyl (C=O) groups is 3. The van der Waals surface area contributed by atoms with Gasteiger partial charge in [0.2, 0.25) is 5.91 Å². The first kappa shape index (κ1) is 25.7. The van der Waals surface area contributed by atoms with Crippen LogP contribution in [-0.4, -0.2) is 65.7 Å². The summed E-state index contributed by atoms with van der Waals surface area (Å²) in [5, 5.41) is 9.73. The fourth-order valence-electron chi connectivity index (χ4n) is 5.56. The van der Waals surface area contributed by atoms with Crippen molar-refractivity contribution in [3.63, 3.8) is 0 Å². The van der Waals surface area contributed by atoms with Crippen molar-refractivity contribution in [1.82, 2.24) is 9.80 Å². The number of amides is 2. The van der Waals surface area contributed by atoms with Gasteiger partial charge >= 0.3 is 12.1 Å². The first-order valence-electron chi connectivity index (χ1n) is 13.0. The maximum Gasteiger partial charge on any atom is 0.410 e. The molecule has 7 nitrogen and oxygen atoms in total. The molecule has 192 valence electrons. The highest BCUT2D eigenvalue weighted by Gasteiger charge is 2.36. The highest BCUT2D eigenvalue weighted by Crippen LogP contribution is 2.44. The molecule has 1 aliphatic heterocycles. The van der Waals surface area contributed by atoms with E-state index in [1.165, 1.54) is 16.8 Å². The third-order valence-electron chi connectivity index (χ3n) is 7.68. The highest BCUT2D eigenvalue weighted by molar-refractivity contribution is 5.89. The minimum absolute atomic E-state index is 0.0687. The summed E-state index contributed by atoms with van der Waals surface area (Å²) in [7, 11) is 3.11. The van der Waals surface area contributed by atoms with E-state index in [4.69, 9.17) is 4.74 Å². The van der Waals surface area contributed by atoms with Crippen molar-refractivity contribution in [2.45, 2.75) is 69.4 Å². The molecule has 7 heteroatoms. The van der Waals surface area contributed by atoms with E-state index in [0.717, 1.165) is 60.8 Å². The van der Waals surface area contributed by atoms with Crippen molar-refractivity contribution in [1.29, 1.82) is 0 Å². The molecule has 36 heavy (non-hydrogen) atoms. The number of hydrogen-bond acceptors (Lipinski definition) is 4. The van der Waals surface area contributed by atoms with Crippen LogP contribution in [0.15, 0.2) is 48.5 Å². The molecule has 4 rings (SSSR count). The number of carboxylic acid groups (broad SMARTS) is 1. The molecule has 1 aliphatic carbocycles. The zero-order valence-electron chi connectivity index (χ0n) is 21.2. The zero-order chi connectivity index (χ0) is 25.7. The molecule has 2 aromatic rings. The smallest absolute Gasteiger partial charge is 0.410 e. The number of benzene rings is 2. The second kappa shape index (κ2) is 11.6. The monoisotopic (exact) mass is 492 g/mol. The van der Waals surface area contributed by atoms with Crippen LogP contribution in [0.4, 0.5) is 4.79 Å². The van der Waals surface area contributed by atoms with Gasteiger partial charge in [-0.1, -0.05) is 87.1 Å². The van der Waals surface area contributed by atoms with Crippen LogP contribution in [0, 0.1) is 0 Å². The summed E-state index contributed by atoms with van der Waals surface area (Å²) in [6.07, 6.45) is 5.94. The summed E-state index contributed by atoms with van der Waals surface area (Å²) in [5.41, 5.74) is 4.55. The van der Waals surface area contributed by atoms with Gasteiger partial charge < -0.3 is 14.7 Å². The van der Waals surface area contributed by atoms with Crippen molar-refractivity contribution in [2.24, 2.45) is 0 Å². The molecule has 1 fully saturated rings. The molecular formula is C29H36N2O5. The van der Waals surface area contributed by atoms with Gasteiger partial charge in [0.15, 0.2) is 0 Å². The summed E-state index contributed by atoms with van der Waals surface area (Å²) in [4.78, 5) is 41.2. The Morgan fingerprint density at radius 3 is 2.03 bits per heavy atom. The molecule has 0 spiro atoms. The minimum Gasteiger partial charge on any atom is -0.480 e. The standard InChI is InChI=1S/C29H36N2O5/c1-30-26(28(33)34)18-8-6-4-3-5-7-17-25(27(30)32)31(2)29(35)36-19-24-22-15-11-9-13-20(22)21-14-10-12-16-23(21)24/h9-16,24-26H,3-8,17-19H2,1-2H3,(H,33,34). The first-order valence-corrected chi connectivity index (χ1v) is 13.0. The average Bonchev–Trinajstić information content (AvgIpc) is 3.20. The maximum absolute atomic E-state index is 13.4. The van der Waals surface area contributed by atoms with E-state index in [1.54, 1.807) is 7.05 Å². The quantitative estimate of drug-likeness (QED) is 0.627. The van der Waals surface area contributed by atoms with Crippen molar-refractivity contribution in [3.05, 3.63) is 59.7 Å². The lowest BCUT2D eigenvalue weighted by atomic mass is 9.98. The third kappa shape index (κ3) is 5.40. The molecule has 0 radical (unpaired) electrons. The van der Waals surface area contributed by atoms with Crippen molar-refractivity contribution in [2.75, 3.05) is 20.7 Å². The van der Waals surface area contributed by atoms with Crippen molar-refractivity contribution >= 4 is 18.0 Å². The number of fused-ring (bicyclic) bond motifs is 3. The molecule has 1 N–H and O–H groups in total. The number of aliphatic carboxylic acids is 1. The Labute approximate surface area is 213 Å². The van der Waals surface area contributed by atoms with Gasteiger partial charge in [0.05, 0.1) is 0 Å². The number of hydrogen-bond donors (Lipinski definition) is 1. The number of rotatable bonds is 4. The zero-order valence-corrected chi connectivity index (χ0v) is 21.2. The summed E-state index contributed by atoms with van der Waals surface area (Å²) in [6, 6.07) is 14.6. The van der Waals surface area contributed by atoms with Gasteiger partial charge in [0, 0.05) is 20.0 Å².